The second-order valence-corrected chi connectivity index (χ2v) is 15.2. The molecular weight excluding hydrogens is 741 g/mol. The molecular formula is C44H38N6O4S2. The number of nitrogens with zero attached hydrogens (tertiary/aromatic N) is 4. The van der Waals surface area contributed by atoms with Crippen LogP contribution in [-0.4, -0.2) is 30.9 Å². The molecule has 280 valence electrons. The number of thiophene rings is 2. The van der Waals surface area contributed by atoms with Gasteiger partial charge in [-0.2, -0.15) is 0 Å². The van der Waals surface area contributed by atoms with Crippen LogP contribution in [0, 0.1) is 13.8 Å². The summed E-state index contributed by atoms with van der Waals surface area (Å²) in [6.45, 7) is 5.44. The molecule has 0 saturated carbocycles. The predicted octanol–water partition coefficient (Wildman–Crippen LogP) is 7.49. The molecule has 12 heteroatoms. The Labute approximate surface area is 330 Å². The number of carbonyl (C=O) groups excluding carboxylic acids is 2. The molecule has 0 aliphatic rings. The SMILES string of the molecule is Cc1nc2ccn(Cc3ccccc3)c(=O)c2cc1C(=O)NCc1cccs1.Cc1nc2ccn(Cc3ccccc3)c(=O)c2cc1C(=O)NCc1cccs1. The Bertz CT molecular complexity index is 2550. The molecule has 8 rings (SSSR count). The zero-order chi connectivity index (χ0) is 39.0. The second-order valence-electron chi connectivity index (χ2n) is 13.1. The molecule has 0 spiro atoms. The minimum atomic E-state index is -0.224. The zero-order valence-electron chi connectivity index (χ0n) is 30.8. The molecule has 2 N–H and O–H groups in total. The minimum absolute atomic E-state index is 0.152. The van der Waals surface area contributed by atoms with Crippen LogP contribution in [0.3, 0.4) is 0 Å². The smallest absolute Gasteiger partial charge is 0.260 e. The van der Waals surface area contributed by atoms with Crippen molar-refractivity contribution in [2.45, 2.75) is 40.0 Å². The third-order valence-electron chi connectivity index (χ3n) is 9.18. The third kappa shape index (κ3) is 8.89. The van der Waals surface area contributed by atoms with Crippen LogP contribution in [0.4, 0.5) is 0 Å². The quantitative estimate of drug-likeness (QED) is 0.148. The van der Waals surface area contributed by atoms with E-state index in [2.05, 4.69) is 20.6 Å². The molecule has 6 heterocycles. The Balaban J connectivity index is 0.000000172. The van der Waals surface area contributed by atoms with E-state index in [1.54, 1.807) is 70.2 Å². The highest BCUT2D eigenvalue weighted by molar-refractivity contribution is 7.10. The molecule has 8 aromatic rings. The normalized spacial score (nSPS) is 10.9. The third-order valence-corrected chi connectivity index (χ3v) is 10.9. The van der Waals surface area contributed by atoms with E-state index in [-0.39, 0.29) is 22.9 Å². The first kappa shape index (κ1) is 37.8. The molecule has 0 aliphatic carbocycles. The fourth-order valence-electron chi connectivity index (χ4n) is 6.23. The van der Waals surface area contributed by atoms with Crippen LogP contribution in [0.25, 0.3) is 21.8 Å². The standard InChI is InChI=1S/2C22H19N3O2S/c2*1-15-18(21(26)23-13-17-8-5-11-28-17)12-19-20(24-15)9-10-25(22(19)27)14-16-6-3-2-4-7-16/h2*2-12H,13-14H2,1H3,(H,23,26). The molecule has 56 heavy (non-hydrogen) atoms. The van der Waals surface area contributed by atoms with Crippen molar-refractivity contribution in [3.63, 3.8) is 0 Å². The van der Waals surface area contributed by atoms with Gasteiger partial charge in [-0.25, -0.2) is 0 Å². The van der Waals surface area contributed by atoms with Gasteiger partial charge in [-0.3, -0.25) is 29.1 Å². The number of aromatic nitrogens is 4. The van der Waals surface area contributed by atoms with Crippen molar-refractivity contribution in [1.82, 2.24) is 29.7 Å². The molecule has 10 nitrogen and oxygen atoms in total. The minimum Gasteiger partial charge on any atom is -0.347 e. The van der Waals surface area contributed by atoms with Crippen LogP contribution in [-0.2, 0) is 26.2 Å². The van der Waals surface area contributed by atoms with Crippen molar-refractivity contribution < 1.29 is 9.59 Å². The highest BCUT2D eigenvalue weighted by atomic mass is 32.1. The maximum atomic E-state index is 13.0. The van der Waals surface area contributed by atoms with Crippen LogP contribution in [0.2, 0.25) is 0 Å². The van der Waals surface area contributed by atoms with Crippen LogP contribution < -0.4 is 21.8 Å². The molecule has 0 radical (unpaired) electrons. The highest BCUT2D eigenvalue weighted by Crippen LogP contribution is 2.17. The van der Waals surface area contributed by atoms with Crippen LogP contribution in [0.1, 0.15) is 53.0 Å². The first-order valence-corrected chi connectivity index (χ1v) is 19.7. The predicted molar refractivity (Wildman–Crippen MR) is 224 cm³/mol. The second kappa shape index (κ2) is 17.3. The molecule has 2 amide bonds. The van der Waals surface area contributed by atoms with Gasteiger partial charge in [0, 0.05) is 22.1 Å². The van der Waals surface area contributed by atoms with Gasteiger partial charge >= 0.3 is 0 Å². The Hall–Kier alpha value is -6.50. The van der Waals surface area contributed by atoms with E-state index in [9.17, 15) is 19.2 Å². The van der Waals surface area contributed by atoms with E-state index in [4.69, 9.17) is 0 Å². The maximum Gasteiger partial charge on any atom is 0.260 e. The van der Waals surface area contributed by atoms with E-state index in [0.29, 0.717) is 70.5 Å². The molecule has 6 aromatic heterocycles. The first-order chi connectivity index (χ1) is 27.2. The number of pyridine rings is 4. The number of aryl methyl sites for hydroxylation is 2. The Morgan fingerprint density at radius 1 is 0.571 bits per heavy atom. The lowest BCUT2D eigenvalue weighted by Gasteiger charge is -2.10. The molecule has 0 unspecified atom stereocenters. The Morgan fingerprint density at radius 3 is 1.36 bits per heavy atom. The van der Waals surface area contributed by atoms with Crippen LogP contribution >= 0.6 is 22.7 Å². The van der Waals surface area contributed by atoms with Gasteiger partial charge in [-0.05, 0) is 72.1 Å². The lowest BCUT2D eigenvalue weighted by Crippen LogP contribution is -2.25. The summed E-state index contributed by atoms with van der Waals surface area (Å²) in [7, 11) is 0. The topological polar surface area (TPSA) is 128 Å². The number of hydrogen-bond acceptors (Lipinski definition) is 8. The molecule has 0 saturated heterocycles. The lowest BCUT2D eigenvalue weighted by molar-refractivity contribution is 0.0942. The van der Waals surface area contributed by atoms with Gasteiger partial charge in [0.2, 0.25) is 0 Å². The number of amides is 2. The molecule has 0 fully saturated rings. The number of carbonyl (C=O) groups is 2. The van der Waals surface area contributed by atoms with E-state index < -0.39 is 0 Å². The van der Waals surface area contributed by atoms with E-state index in [0.717, 1.165) is 20.9 Å². The summed E-state index contributed by atoms with van der Waals surface area (Å²) < 4.78 is 3.28. The molecule has 0 atom stereocenters. The monoisotopic (exact) mass is 778 g/mol. The summed E-state index contributed by atoms with van der Waals surface area (Å²) >= 11 is 3.18. The summed E-state index contributed by atoms with van der Waals surface area (Å²) in [5.74, 6) is -0.448. The van der Waals surface area contributed by atoms with E-state index in [1.807, 2.05) is 108 Å². The van der Waals surface area contributed by atoms with E-state index in [1.165, 1.54) is 0 Å². The van der Waals surface area contributed by atoms with E-state index >= 15 is 0 Å². The number of nitrogens with one attached hydrogen (secondary N) is 2. The van der Waals surface area contributed by atoms with Gasteiger partial charge in [-0.15, -0.1) is 22.7 Å². The molecule has 2 aromatic carbocycles. The average molecular weight is 779 g/mol. The Kier molecular flexibility index (Phi) is 11.7. The van der Waals surface area contributed by atoms with Gasteiger partial charge in [0.25, 0.3) is 22.9 Å². The van der Waals surface area contributed by atoms with Crippen molar-refractivity contribution in [2.75, 3.05) is 0 Å². The fourth-order valence-corrected chi connectivity index (χ4v) is 7.52. The summed E-state index contributed by atoms with van der Waals surface area (Å²) in [6.07, 6.45) is 3.50. The van der Waals surface area contributed by atoms with Crippen molar-refractivity contribution in [3.05, 3.63) is 196 Å². The van der Waals surface area contributed by atoms with Crippen molar-refractivity contribution >= 4 is 56.3 Å². The van der Waals surface area contributed by atoms with Crippen molar-refractivity contribution in [2.24, 2.45) is 0 Å². The number of rotatable bonds is 10. The largest absolute Gasteiger partial charge is 0.347 e. The van der Waals surface area contributed by atoms with Gasteiger partial charge in [-0.1, -0.05) is 72.8 Å². The van der Waals surface area contributed by atoms with Gasteiger partial charge in [0.1, 0.15) is 0 Å². The number of benzene rings is 2. The highest BCUT2D eigenvalue weighted by Gasteiger charge is 2.16. The molecule has 0 aliphatic heterocycles. The van der Waals surface area contributed by atoms with Gasteiger partial charge in [0.15, 0.2) is 0 Å². The van der Waals surface area contributed by atoms with Crippen LogP contribution in [0.5, 0.6) is 0 Å². The number of fused-ring (bicyclic) bond motifs is 2. The van der Waals surface area contributed by atoms with Gasteiger partial charge in [0.05, 0.1) is 70.5 Å². The summed E-state index contributed by atoms with van der Waals surface area (Å²) in [6, 6.07) is 34.4. The lowest BCUT2D eigenvalue weighted by atomic mass is 10.1. The average Bonchev–Trinajstić information content (AvgIpc) is 3.95. The summed E-state index contributed by atoms with van der Waals surface area (Å²) in [5, 5.41) is 10.6. The molecule has 0 bridgehead atoms. The summed E-state index contributed by atoms with van der Waals surface area (Å²) in [4.78, 5) is 62.3. The maximum absolute atomic E-state index is 13.0. The van der Waals surface area contributed by atoms with Crippen LogP contribution in [0.15, 0.2) is 142 Å². The zero-order valence-corrected chi connectivity index (χ0v) is 32.4. The van der Waals surface area contributed by atoms with Crippen molar-refractivity contribution in [1.29, 1.82) is 0 Å². The van der Waals surface area contributed by atoms with Crippen molar-refractivity contribution in [3.8, 4) is 0 Å². The van der Waals surface area contributed by atoms with Gasteiger partial charge < -0.3 is 19.8 Å². The summed E-state index contributed by atoms with van der Waals surface area (Å²) in [5.41, 5.74) is 5.05. The first-order valence-electron chi connectivity index (χ1n) is 17.9. The Morgan fingerprint density at radius 2 is 0.982 bits per heavy atom. The fraction of sp³-hybridized carbons (Fsp3) is 0.136. The number of hydrogen-bond donors (Lipinski definition) is 2.